The second-order valence-electron chi connectivity index (χ2n) is 4.39. The average Bonchev–Trinajstić information content (AvgIpc) is 2.36. The maximum atomic E-state index is 11.5. The van der Waals surface area contributed by atoms with E-state index in [0.717, 1.165) is 0 Å². The Hall–Kier alpha value is -1.34. The van der Waals surface area contributed by atoms with Crippen molar-refractivity contribution in [1.82, 2.24) is 14.7 Å². The molecule has 1 fully saturated rings. The molecule has 0 aromatic carbocycles. The first-order valence-corrected chi connectivity index (χ1v) is 5.99. The highest BCUT2D eigenvalue weighted by molar-refractivity contribution is 5.77. The van der Waals surface area contributed by atoms with Crippen LogP contribution in [0.2, 0.25) is 0 Å². The summed E-state index contributed by atoms with van der Waals surface area (Å²) in [6.07, 6.45) is -0.400. The molecule has 18 heavy (non-hydrogen) atoms. The van der Waals surface area contributed by atoms with Gasteiger partial charge in [0.05, 0.1) is 13.2 Å². The highest BCUT2D eigenvalue weighted by atomic mass is 16.6. The van der Waals surface area contributed by atoms with Crippen LogP contribution < -0.4 is 0 Å². The number of hydrogen-bond donors (Lipinski definition) is 1. The van der Waals surface area contributed by atoms with Gasteiger partial charge in [0.15, 0.2) is 0 Å². The van der Waals surface area contributed by atoms with E-state index in [0.29, 0.717) is 32.7 Å². The SMILES string of the molecule is CN(C)C(=O)CN1CCN(C(=O)OCCO)CC1. The van der Waals surface area contributed by atoms with Crippen molar-refractivity contribution in [2.75, 3.05) is 60.0 Å². The molecule has 2 amide bonds. The van der Waals surface area contributed by atoms with Gasteiger partial charge in [0, 0.05) is 40.3 Å². The quantitative estimate of drug-likeness (QED) is 0.688. The number of aliphatic hydroxyl groups excluding tert-OH is 1. The van der Waals surface area contributed by atoms with Crippen molar-refractivity contribution in [3.8, 4) is 0 Å². The molecule has 1 saturated heterocycles. The monoisotopic (exact) mass is 259 g/mol. The van der Waals surface area contributed by atoms with Crippen LogP contribution in [0.25, 0.3) is 0 Å². The topological polar surface area (TPSA) is 73.3 Å². The minimum Gasteiger partial charge on any atom is -0.447 e. The van der Waals surface area contributed by atoms with Gasteiger partial charge in [-0.2, -0.15) is 0 Å². The van der Waals surface area contributed by atoms with Crippen molar-refractivity contribution in [1.29, 1.82) is 0 Å². The molecule has 1 N–H and O–H groups in total. The fraction of sp³-hybridized carbons (Fsp3) is 0.818. The number of hydrogen-bond acceptors (Lipinski definition) is 5. The Bertz CT molecular complexity index is 288. The Morgan fingerprint density at radius 3 is 2.33 bits per heavy atom. The summed E-state index contributed by atoms with van der Waals surface area (Å²) in [7, 11) is 3.45. The van der Waals surface area contributed by atoms with Crippen molar-refractivity contribution in [3.63, 3.8) is 0 Å². The van der Waals surface area contributed by atoms with Crippen LogP contribution in [0.5, 0.6) is 0 Å². The zero-order valence-electron chi connectivity index (χ0n) is 11.0. The fourth-order valence-electron chi connectivity index (χ4n) is 1.65. The van der Waals surface area contributed by atoms with Gasteiger partial charge < -0.3 is 19.6 Å². The summed E-state index contributed by atoms with van der Waals surface area (Å²) in [4.78, 5) is 28.2. The van der Waals surface area contributed by atoms with Crippen LogP contribution >= 0.6 is 0 Å². The smallest absolute Gasteiger partial charge is 0.409 e. The van der Waals surface area contributed by atoms with Gasteiger partial charge >= 0.3 is 6.09 Å². The molecule has 1 aliphatic heterocycles. The molecule has 0 bridgehead atoms. The Morgan fingerprint density at radius 1 is 1.22 bits per heavy atom. The molecule has 7 heteroatoms. The van der Waals surface area contributed by atoms with E-state index < -0.39 is 6.09 Å². The largest absolute Gasteiger partial charge is 0.447 e. The normalized spacial score (nSPS) is 16.5. The van der Waals surface area contributed by atoms with Gasteiger partial charge in [-0.1, -0.05) is 0 Å². The van der Waals surface area contributed by atoms with E-state index in [4.69, 9.17) is 9.84 Å². The third kappa shape index (κ3) is 4.50. The van der Waals surface area contributed by atoms with Crippen LogP contribution in [-0.4, -0.2) is 91.8 Å². The number of nitrogens with zero attached hydrogens (tertiary/aromatic N) is 3. The lowest BCUT2D eigenvalue weighted by Crippen LogP contribution is -2.51. The molecule has 0 atom stereocenters. The van der Waals surface area contributed by atoms with Crippen molar-refractivity contribution in [2.45, 2.75) is 0 Å². The van der Waals surface area contributed by atoms with Gasteiger partial charge in [-0.25, -0.2) is 4.79 Å². The standard InChI is InChI=1S/C11H21N3O4/c1-12(2)10(16)9-13-3-5-14(6-4-13)11(17)18-8-7-15/h15H,3-9H2,1-2H3. The molecule has 0 spiro atoms. The lowest BCUT2D eigenvalue weighted by Gasteiger charge is -2.34. The molecule has 0 saturated carbocycles. The minimum atomic E-state index is -0.400. The third-order valence-corrected chi connectivity index (χ3v) is 2.80. The van der Waals surface area contributed by atoms with Gasteiger partial charge in [0.1, 0.15) is 6.61 Å². The number of rotatable bonds is 4. The van der Waals surface area contributed by atoms with E-state index in [1.807, 2.05) is 4.90 Å². The lowest BCUT2D eigenvalue weighted by molar-refractivity contribution is -0.130. The summed E-state index contributed by atoms with van der Waals surface area (Å²) in [5.74, 6) is 0.0614. The second kappa shape index (κ2) is 7.17. The van der Waals surface area contributed by atoms with Crippen LogP contribution in [0.3, 0.4) is 0 Å². The molecule has 7 nitrogen and oxygen atoms in total. The summed E-state index contributed by atoms with van der Waals surface area (Å²) in [5.41, 5.74) is 0. The molecule has 1 heterocycles. The molecule has 0 radical (unpaired) electrons. The number of amides is 2. The molecule has 104 valence electrons. The molecule has 1 rings (SSSR count). The summed E-state index contributed by atoms with van der Waals surface area (Å²) < 4.78 is 4.83. The maximum absolute atomic E-state index is 11.5. The van der Waals surface area contributed by atoms with Crippen molar-refractivity contribution in [3.05, 3.63) is 0 Å². The molecule has 1 aliphatic rings. The first-order valence-electron chi connectivity index (χ1n) is 5.99. The number of ether oxygens (including phenoxy) is 1. The predicted molar refractivity (Wildman–Crippen MR) is 65.1 cm³/mol. The van der Waals surface area contributed by atoms with Crippen LogP contribution in [0, 0.1) is 0 Å². The van der Waals surface area contributed by atoms with Gasteiger partial charge in [0.2, 0.25) is 5.91 Å². The summed E-state index contributed by atoms with van der Waals surface area (Å²) >= 11 is 0. The Labute approximate surface area is 107 Å². The van der Waals surface area contributed by atoms with Gasteiger partial charge in [0.25, 0.3) is 0 Å². The number of aliphatic hydroxyl groups is 1. The van der Waals surface area contributed by atoms with E-state index in [1.54, 1.807) is 23.9 Å². The molecule has 0 unspecified atom stereocenters. The second-order valence-corrected chi connectivity index (χ2v) is 4.39. The van der Waals surface area contributed by atoms with Crippen LogP contribution in [-0.2, 0) is 9.53 Å². The van der Waals surface area contributed by atoms with E-state index in [1.165, 1.54) is 0 Å². The fourth-order valence-corrected chi connectivity index (χ4v) is 1.65. The van der Waals surface area contributed by atoms with E-state index in [2.05, 4.69) is 0 Å². The van der Waals surface area contributed by atoms with Crippen molar-refractivity contribution >= 4 is 12.0 Å². The Kier molecular flexibility index (Phi) is 5.87. The number of likely N-dealkylation sites (N-methyl/N-ethyl adjacent to an activating group) is 1. The average molecular weight is 259 g/mol. The number of piperazine rings is 1. The highest BCUT2D eigenvalue weighted by Gasteiger charge is 2.23. The van der Waals surface area contributed by atoms with Crippen LogP contribution in [0.15, 0.2) is 0 Å². The van der Waals surface area contributed by atoms with Crippen LogP contribution in [0.1, 0.15) is 0 Å². The lowest BCUT2D eigenvalue weighted by atomic mass is 10.3. The molecular formula is C11H21N3O4. The van der Waals surface area contributed by atoms with E-state index in [-0.39, 0.29) is 19.1 Å². The number of carbonyl (C=O) groups is 2. The highest BCUT2D eigenvalue weighted by Crippen LogP contribution is 2.04. The number of carbonyl (C=O) groups excluding carboxylic acids is 2. The summed E-state index contributed by atoms with van der Waals surface area (Å²) in [6.45, 7) is 2.66. The Balaban J connectivity index is 2.28. The Morgan fingerprint density at radius 2 is 1.83 bits per heavy atom. The maximum Gasteiger partial charge on any atom is 0.409 e. The summed E-state index contributed by atoms with van der Waals surface area (Å²) in [6, 6.07) is 0. The van der Waals surface area contributed by atoms with E-state index in [9.17, 15) is 9.59 Å². The minimum absolute atomic E-state index is 0.0260. The molecule has 0 aromatic heterocycles. The molecule has 0 aromatic rings. The first kappa shape index (κ1) is 14.7. The molecule has 0 aliphatic carbocycles. The summed E-state index contributed by atoms with van der Waals surface area (Å²) in [5, 5.41) is 8.56. The zero-order chi connectivity index (χ0) is 13.5. The first-order chi connectivity index (χ1) is 8.54. The molecular weight excluding hydrogens is 238 g/mol. The van der Waals surface area contributed by atoms with Crippen molar-refractivity contribution < 1.29 is 19.4 Å². The van der Waals surface area contributed by atoms with Crippen LogP contribution in [0.4, 0.5) is 4.79 Å². The van der Waals surface area contributed by atoms with Gasteiger partial charge in [-0.3, -0.25) is 9.69 Å². The third-order valence-electron chi connectivity index (χ3n) is 2.80. The van der Waals surface area contributed by atoms with Crippen molar-refractivity contribution in [2.24, 2.45) is 0 Å². The predicted octanol–water partition coefficient (Wildman–Crippen LogP) is -1.18. The zero-order valence-corrected chi connectivity index (χ0v) is 11.0. The van der Waals surface area contributed by atoms with Gasteiger partial charge in [-0.15, -0.1) is 0 Å². The van der Waals surface area contributed by atoms with Gasteiger partial charge in [-0.05, 0) is 0 Å². The van der Waals surface area contributed by atoms with E-state index >= 15 is 0 Å².